The van der Waals surface area contributed by atoms with E-state index in [0.29, 0.717) is 52.5 Å². The van der Waals surface area contributed by atoms with Crippen LogP contribution in [0.4, 0.5) is 35.1 Å². The monoisotopic (exact) mass is 978 g/mol. The number of carbonyl (C=O) groups excluding carboxylic acids is 1. The summed E-state index contributed by atoms with van der Waals surface area (Å²) in [6, 6.07) is 11.3. The van der Waals surface area contributed by atoms with Crippen LogP contribution in [-0.4, -0.2) is 36.3 Å². The molecule has 0 bridgehead atoms. The average molecular weight is 980 g/mol. The molecule has 2 saturated heterocycles. The summed E-state index contributed by atoms with van der Waals surface area (Å²) in [6.45, 7) is 6.22. The van der Waals surface area contributed by atoms with E-state index in [2.05, 4.69) is 29.8 Å². The quantitative estimate of drug-likeness (QED) is 0.134. The molecular formula is C52H59BrF8O4. The molecule has 4 atom stereocenters. The first-order valence-electron chi connectivity index (χ1n) is 23.1. The van der Waals surface area contributed by atoms with Gasteiger partial charge in [-0.25, -0.2) is 35.1 Å². The molecule has 354 valence electrons. The molecule has 4 unspecified atom stereocenters. The average Bonchev–Trinajstić information content (AvgIpc) is 3.29. The van der Waals surface area contributed by atoms with E-state index < -0.39 is 52.1 Å². The summed E-state index contributed by atoms with van der Waals surface area (Å²) >= 11 is 3.06. The number of carbonyl (C=O) groups is 1. The van der Waals surface area contributed by atoms with Crippen LogP contribution in [0.5, 0.6) is 0 Å². The molecule has 65 heavy (non-hydrogen) atoms. The van der Waals surface area contributed by atoms with Gasteiger partial charge in [0.1, 0.15) is 17.4 Å². The Hall–Kier alpha value is -3.65. The maximum atomic E-state index is 14.8. The number of hydrogen-bond acceptors (Lipinski definition) is 4. The first-order chi connectivity index (χ1) is 31.1. The van der Waals surface area contributed by atoms with Gasteiger partial charge in [0.2, 0.25) is 0 Å². The van der Waals surface area contributed by atoms with Crippen LogP contribution in [0.25, 0.3) is 22.3 Å². The Kier molecular flexibility index (Phi) is 18.3. The lowest BCUT2D eigenvalue weighted by Crippen LogP contribution is -2.38. The minimum absolute atomic E-state index is 0.00556. The fraction of sp³-hybridized carbons (Fsp3) is 0.519. The summed E-state index contributed by atoms with van der Waals surface area (Å²) in [6.07, 6.45) is 16.8. The van der Waals surface area contributed by atoms with Crippen LogP contribution in [0, 0.1) is 70.2 Å². The molecule has 2 aliphatic carbocycles. The van der Waals surface area contributed by atoms with Gasteiger partial charge < -0.3 is 14.6 Å². The van der Waals surface area contributed by atoms with E-state index in [1.807, 2.05) is 0 Å². The van der Waals surface area contributed by atoms with Crippen LogP contribution in [0.15, 0.2) is 65.1 Å². The second kappa shape index (κ2) is 23.4. The number of Topliss-reactive ketones (excluding diaryl/α,β-unsaturated/α-hetero) is 1. The fourth-order valence-corrected chi connectivity index (χ4v) is 10.3. The van der Waals surface area contributed by atoms with Gasteiger partial charge in [0.05, 0.1) is 17.8 Å². The van der Waals surface area contributed by atoms with Crippen molar-refractivity contribution in [2.24, 2.45) is 23.7 Å². The van der Waals surface area contributed by atoms with Crippen molar-refractivity contribution in [2.45, 2.75) is 134 Å². The Bertz CT molecular complexity index is 2160. The Morgan fingerprint density at radius 2 is 1.00 bits per heavy atom. The van der Waals surface area contributed by atoms with Gasteiger partial charge in [-0.2, -0.15) is 0 Å². The molecule has 2 aliphatic heterocycles. The van der Waals surface area contributed by atoms with E-state index in [-0.39, 0.29) is 28.4 Å². The SMILES string of the molecule is CCCC1CCC(C2CCC(=O)CC2)OC1.CCCC1CCC(C2CCC(O)(c3ccc(-c4cc(F)c(F)c(F)c4)c(F)c3)CC2)OC1.Fc1cc(Br)ccc1-c1cc(F)c(F)c(F)c1. The number of benzene rings is 4. The Labute approximate surface area is 385 Å². The lowest BCUT2D eigenvalue weighted by molar-refractivity contribution is -0.123. The van der Waals surface area contributed by atoms with E-state index >= 15 is 0 Å². The normalized spacial score (nSPS) is 25.0. The van der Waals surface area contributed by atoms with Gasteiger partial charge in [0.25, 0.3) is 0 Å². The molecule has 4 aromatic rings. The van der Waals surface area contributed by atoms with E-state index in [4.69, 9.17) is 9.47 Å². The molecule has 4 fully saturated rings. The second-order valence-corrected chi connectivity index (χ2v) is 19.2. The van der Waals surface area contributed by atoms with Gasteiger partial charge >= 0.3 is 0 Å². The molecule has 0 radical (unpaired) electrons. The molecular weight excluding hydrogens is 920 g/mol. The molecule has 2 saturated carbocycles. The van der Waals surface area contributed by atoms with Gasteiger partial charge in [0, 0.05) is 41.7 Å². The standard InChI is InChI=1S/C26H30F4O2.C14H24O2.C12H5BrF4/c1-2-3-16-4-7-24(32-15-16)17-8-10-26(31,11-9-17)19-5-6-20(21(27)14-19)18-12-22(28)25(30)23(29)13-18;1-2-3-11-4-9-14(16-10-11)12-5-7-13(15)8-6-12;13-7-1-2-8(9(14)5-7)6-3-10(15)12(17)11(16)4-6/h5-6,12-14,16-17,24,31H,2-4,7-11,15H2,1H3;11-12,14H,2-10H2,1H3;1-5H. The van der Waals surface area contributed by atoms with Crippen molar-refractivity contribution < 1.29 is 54.5 Å². The molecule has 8 rings (SSSR count). The highest BCUT2D eigenvalue weighted by atomic mass is 79.9. The van der Waals surface area contributed by atoms with Crippen LogP contribution in [0.1, 0.15) is 122 Å². The maximum Gasteiger partial charge on any atom is 0.194 e. The third kappa shape index (κ3) is 13.3. The largest absolute Gasteiger partial charge is 0.385 e. The van der Waals surface area contributed by atoms with Crippen molar-refractivity contribution in [1.29, 1.82) is 0 Å². The molecule has 4 aromatic carbocycles. The molecule has 13 heteroatoms. The Morgan fingerprint density at radius 1 is 0.569 bits per heavy atom. The molecule has 0 spiro atoms. The van der Waals surface area contributed by atoms with Crippen molar-refractivity contribution >= 4 is 21.7 Å². The summed E-state index contributed by atoms with van der Waals surface area (Å²) in [7, 11) is 0. The summed E-state index contributed by atoms with van der Waals surface area (Å²) in [4.78, 5) is 11.2. The third-order valence-electron chi connectivity index (χ3n) is 13.7. The number of rotatable bonds is 9. The maximum absolute atomic E-state index is 14.8. The van der Waals surface area contributed by atoms with E-state index in [9.17, 15) is 45.0 Å². The number of hydrogen-bond donors (Lipinski definition) is 1. The van der Waals surface area contributed by atoms with Crippen LogP contribution >= 0.6 is 15.9 Å². The summed E-state index contributed by atoms with van der Waals surface area (Å²) in [5.74, 6) is -6.96. The molecule has 0 amide bonds. The predicted molar refractivity (Wildman–Crippen MR) is 239 cm³/mol. The number of ether oxygens (including phenoxy) is 2. The topological polar surface area (TPSA) is 55.8 Å². The van der Waals surface area contributed by atoms with Gasteiger partial charge in [-0.05, 0) is 160 Å². The zero-order valence-electron chi connectivity index (χ0n) is 37.0. The van der Waals surface area contributed by atoms with Crippen LogP contribution in [0.2, 0.25) is 0 Å². The molecule has 2 heterocycles. The summed E-state index contributed by atoms with van der Waals surface area (Å²) in [5.41, 5.74) is -0.863. The highest BCUT2D eigenvalue weighted by molar-refractivity contribution is 9.10. The van der Waals surface area contributed by atoms with Crippen molar-refractivity contribution in [2.75, 3.05) is 13.2 Å². The van der Waals surface area contributed by atoms with E-state index in [0.717, 1.165) is 94.4 Å². The predicted octanol–water partition coefficient (Wildman–Crippen LogP) is 14.9. The lowest BCUT2D eigenvalue weighted by Gasteiger charge is -2.41. The van der Waals surface area contributed by atoms with Gasteiger partial charge in [0.15, 0.2) is 34.9 Å². The minimum Gasteiger partial charge on any atom is -0.385 e. The van der Waals surface area contributed by atoms with E-state index in [1.165, 1.54) is 69.2 Å². The highest BCUT2D eigenvalue weighted by Gasteiger charge is 2.39. The minimum atomic E-state index is -1.58. The first-order valence-corrected chi connectivity index (χ1v) is 23.9. The van der Waals surface area contributed by atoms with Crippen LogP contribution in [0.3, 0.4) is 0 Å². The molecule has 1 N–H and O–H groups in total. The lowest BCUT2D eigenvalue weighted by atomic mass is 9.72. The fourth-order valence-electron chi connectivity index (χ4n) is 9.96. The third-order valence-corrected chi connectivity index (χ3v) is 14.2. The second-order valence-electron chi connectivity index (χ2n) is 18.3. The first kappa shape index (κ1) is 50.8. The molecule has 4 nitrogen and oxygen atoms in total. The Balaban J connectivity index is 0.000000178. The van der Waals surface area contributed by atoms with Crippen molar-refractivity contribution in [3.63, 3.8) is 0 Å². The smallest absolute Gasteiger partial charge is 0.194 e. The summed E-state index contributed by atoms with van der Waals surface area (Å²) < 4.78 is 120. The van der Waals surface area contributed by atoms with Crippen molar-refractivity contribution in [3.8, 4) is 22.3 Å². The van der Waals surface area contributed by atoms with Crippen LogP contribution < -0.4 is 0 Å². The molecule has 4 aliphatic rings. The highest BCUT2D eigenvalue weighted by Crippen LogP contribution is 2.44. The molecule has 0 aromatic heterocycles. The number of halogens is 9. The van der Waals surface area contributed by atoms with E-state index in [1.54, 1.807) is 6.07 Å². The van der Waals surface area contributed by atoms with Crippen molar-refractivity contribution in [1.82, 2.24) is 0 Å². The van der Waals surface area contributed by atoms with Gasteiger partial charge in [-0.1, -0.05) is 60.8 Å². The zero-order chi connectivity index (χ0) is 46.8. The van der Waals surface area contributed by atoms with Gasteiger partial charge in [-0.3, -0.25) is 4.79 Å². The van der Waals surface area contributed by atoms with Crippen molar-refractivity contribution in [3.05, 3.63) is 117 Å². The zero-order valence-corrected chi connectivity index (χ0v) is 38.6. The number of aliphatic hydroxyl groups is 1. The number of ketones is 1. The van der Waals surface area contributed by atoms with Gasteiger partial charge in [-0.15, -0.1) is 0 Å². The van der Waals surface area contributed by atoms with Crippen LogP contribution in [-0.2, 0) is 19.9 Å². The Morgan fingerprint density at radius 3 is 1.40 bits per heavy atom. The summed E-state index contributed by atoms with van der Waals surface area (Å²) in [5, 5.41) is 11.2.